The predicted octanol–water partition coefficient (Wildman–Crippen LogP) is 3.72. The largest absolute Gasteiger partial charge is 0.419 e. The molecule has 1 saturated heterocycles. The molecule has 3 rings (SSSR count). The lowest BCUT2D eigenvalue weighted by atomic mass is 10.2. The lowest BCUT2D eigenvalue weighted by molar-refractivity contribution is -0.222. The molecule has 1 aliphatic heterocycles. The van der Waals surface area contributed by atoms with Crippen molar-refractivity contribution >= 4 is 40.8 Å². The van der Waals surface area contributed by atoms with E-state index in [2.05, 4.69) is 10.6 Å². The molecular formula is C20H17ClN2O5. The maximum Gasteiger partial charge on any atom is 0.350 e. The molecule has 144 valence electrons. The molecule has 0 aliphatic carbocycles. The number of nitrogens with one attached hydrogen (secondary N) is 2. The van der Waals surface area contributed by atoms with E-state index in [0.29, 0.717) is 22.0 Å². The van der Waals surface area contributed by atoms with Gasteiger partial charge in [-0.05, 0) is 42.5 Å². The minimum atomic E-state index is -1.29. The first-order chi connectivity index (χ1) is 13.2. The highest BCUT2D eigenvalue weighted by Crippen LogP contribution is 2.23. The van der Waals surface area contributed by atoms with Crippen molar-refractivity contribution in [1.29, 1.82) is 0 Å². The first-order valence-electron chi connectivity index (χ1n) is 8.34. The maximum atomic E-state index is 12.3. The topological polar surface area (TPSA) is 93.7 Å². The average Bonchev–Trinajstić information content (AvgIpc) is 2.61. The van der Waals surface area contributed by atoms with E-state index < -0.39 is 17.7 Å². The van der Waals surface area contributed by atoms with Crippen LogP contribution in [0.25, 0.3) is 0 Å². The monoisotopic (exact) mass is 400 g/mol. The molecule has 1 amide bonds. The van der Waals surface area contributed by atoms with E-state index in [1.165, 1.54) is 20.0 Å². The van der Waals surface area contributed by atoms with Gasteiger partial charge in [-0.2, -0.15) is 0 Å². The van der Waals surface area contributed by atoms with Crippen molar-refractivity contribution in [3.8, 4) is 0 Å². The highest BCUT2D eigenvalue weighted by atomic mass is 35.5. The van der Waals surface area contributed by atoms with Crippen molar-refractivity contribution in [2.45, 2.75) is 19.6 Å². The van der Waals surface area contributed by atoms with Gasteiger partial charge in [0.25, 0.3) is 11.7 Å². The van der Waals surface area contributed by atoms with Crippen LogP contribution in [-0.2, 0) is 19.1 Å². The van der Waals surface area contributed by atoms with Gasteiger partial charge in [-0.1, -0.05) is 17.7 Å². The van der Waals surface area contributed by atoms with Crippen LogP contribution in [0, 0.1) is 0 Å². The molecule has 8 heteroatoms. The second-order valence-electron chi connectivity index (χ2n) is 6.42. The number of carbonyl (C=O) groups excluding carboxylic acids is 3. The Morgan fingerprint density at radius 3 is 2.25 bits per heavy atom. The van der Waals surface area contributed by atoms with Crippen LogP contribution in [0.5, 0.6) is 0 Å². The summed E-state index contributed by atoms with van der Waals surface area (Å²) >= 11 is 5.82. The SMILES string of the molecule is CC1(C)OC(=O)C(=CNc2cccc(NC(=O)c3ccc(Cl)cc3)c2)C(=O)O1. The number of esters is 2. The number of rotatable bonds is 4. The summed E-state index contributed by atoms with van der Waals surface area (Å²) in [4.78, 5) is 36.2. The van der Waals surface area contributed by atoms with Gasteiger partial charge in [0.05, 0.1) is 0 Å². The quantitative estimate of drug-likeness (QED) is 0.461. The number of carbonyl (C=O) groups is 3. The first-order valence-corrected chi connectivity index (χ1v) is 8.72. The van der Waals surface area contributed by atoms with E-state index in [1.54, 1.807) is 48.5 Å². The Balaban J connectivity index is 1.70. The average molecular weight is 401 g/mol. The number of cyclic esters (lactones) is 2. The van der Waals surface area contributed by atoms with Gasteiger partial charge in [-0.15, -0.1) is 0 Å². The molecule has 1 aliphatic rings. The summed E-state index contributed by atoms with van der Waals surface area (Å²) in [5.74, 6) is -3.15. The zero-order valence-corrected chi connectivity index (χ0v) is 15.9. The minimum Gasteiger partial charge on any atom is -0.419 e. The van der Waals surface area contributed by atoms with Crippen LogP contribution in [0.15, 0.2) is 60.3 Å². The van der Waals surface area contributed by atoms with Crippen molar-refractivity contribution in [1.82, 2.24) is 0 Å². The van der Waals surface area contributed by atoms with Crippen molar-refractivity contribution < 1.29 is 23.9 Å². The van der Waals surface area contributed by atoms with Gasteiger partial charge in [0.15, 0.2) is 5.57 Å². The van der Waals surface area contributed by atoms with Gasteiger partial charge < -0.3 is 20.1 Å². The van der Waals surface area contributed by atoms with Crippen molar-refractivity contribution in [3.63, 3.8) is 0 Å². The van der Waals surface area contributed by atoms with E-state index in [9.17, 15) is 14.4 Å². The van der Waals surface area contributed by atoms with Crippen molar-refractivity contribution in [3.05, 3.63) is 70.9 Å². The Bertz CT molecular complexity index is 945. The Hall–Kier alpha value is -3.32. The van der Waals surface area contributed by atoms with Crippen molar-refractivity contribution in [2.24, 2.45) is 0 Å². The molecule has 1 heterocycles. The zero-order valence-electron chi connectivity index (χ0n) is 15.1. The van der Waals surface area contributed by atoms with Gasteiger partial charge >= 0.3 is 11.9 Å². The smallest absolute Gasteiger partial charge is 0.350 e. The molecule has 0 unspecified atom stereocenters. The second-order valence-corrected chi connectivity index (χ2v) is 6.86. The van der Waals surface area contributed by atoms with Crippen LogP contribution >= 0.6 is 11.6 Å². The standard InChI is InChI=1S/C20H17ClN2O5/c1-20(2)27-18(25)16(19(26)28-20)11-22-14-4-3-5-15(10-14)23-17(24)12-6-8-13(21)9-7-12/h3-11,22H,1-2H3,(H,23,24). The number of hydrogen-bond acceptors (Lipinski definition) is 6. The maximum absolute atomic E-state index is 12.3. The molecule has 0 bridgehead atoms. The molecule has 2 aromatic carbocycles. The van der Waals surface area contributed by atoms with E-state index in [1.807, 2.05) is 0 Å². The van der Waals surface area contributed by atoms with Crippen molar-refractivity contribution in [2.75, 3.05) is 10.6 Å². The molecular weight excluding hydrogens is 384 g/mol. The summed E-state index contributed by atoms with van der Waals surface area (Å²) < 4.78 is 10.0. The van der Waals surface area contributed by atoms with Crippen LogP contribution in [-0.4, -0.2) is 23.6 Å². The zero-order chi connectivity index (χ0) is 20.3. The van der Waals surface area contributed by atoms with Gasteiger partial charge in [-0.25, -0.2) is 9.59 Å². The summed E-state index contributed by atoms with van der Waals surface area (Å²) in [5, 5.41) is 6.13. The third-order valence-electron chi connectivity index (χ3n) is 3.73. The number of halogens is 1. The van der Waals surface area contributed by atoms with Gasteiger partial charge in [0.2, 0.25) is 0 Å². The van der Waals surface area contributed by atoms with Crippen LogP contribution < -0.4 is 10.6 Å². The number of ether oxygens (including phenoxy) is 2. The molecule has 7 nitrogen and oxygen atoms in total. The van der Waals surface area contributed by atoms with Crippen LogP contribution in [0.3, 0.4) is 0 Å². The molecule has 0 spiro atoms. The highest BCUT2D eigenvalue weighted by molar-refractivity contribution is 6.30. The molecule has 0 saturated carbocycles. The fourth-order valence-electron chi connectivity index (χ4n) is 2.43. The Morgan fingerprint density at radius 1 is 1.00 bits per heavy atom. The molecule has 0 radical (unpaired) electrons. The lowest BCUT2D eigenvalue weighted by Crippen LogP contribution is -2.42. The van der Waals surface area contributed by atoms with E-state index in [4.69, 9.17) is 21.1 Å². The van der Waals surface area contributed by atoms with Gasteiger partial charge in [0, 0.05) is 42.0 Å². The fourth-order valence-corrected chi connectivity index (χ4v) is 2.55. The number of hydrogen-bond donors (Lipinski definition) is 2. The second kappa shape index (κ2) is 7.74. The lowest BCUT2D eigenvalue weighted by Gasteiger charge is -2.29. The van der Waals surface area contributed by atoms with E-state index in [-0.39, 0.29) is 11.5 Å². The normalized spacial score (nSPS) is 15.3. The van der Waals surface area contributed by atoms with Gasteiger partial charge in [0.1, 0.15) is 0 Å². The number of benzene rings is 2. The summed E-state index contributed by atoms with van der Waals surface area (Å²) in [6.45, 7) is 2.94. The molecule has 28 heavy (non-hydrogen) atoms. The van der Waals surface area contributed by atoms with Crippen LogP contribution in [0.2, 0.25) is 5.02 Å². The molecule has 2 aromatic rings. The van der Waals surface area contributed by atoms with Crippen LogP contribution in [0.1, 0.15) is 24.2 Å². The molecule has 2 N–H and O–H groups in total. The summed E-state index contributed by atoms with van der Waals surface area (Å²) in [6, 6.07) is 13.3. The third kappa shape index (κ3) is 4.69. The van der Waals surface area contributed by atoms with Crippen LogP contribution in [0.4, 0.5) is 11.4 Å². The number of amides is 1. The number of anilines is 2. The Kier molecular flexibility index (Phi) is 5.37. The Morgan fingerprint density at radius 2 is 1.61 bits per heavy atom. The fraction of sp³-hybridized carbons (Fsp3) is 0.150. The minimum absolute atomic E-state index is 0.255. The third-order valence-corrected chi connectivity index (χ3v) is 3.98. The highest BCUT2D eigenvalue weighted by Gasteiger charge is 2.38. The molecule has 0 atom stereocenters. The van der Waals surface area contributed by atoms with E-state index >= 15 is 0 Å². The Labute approximate surface area is 166 Å². The summed E-state index contributed by atoms with van der Waals surface area (Å²) in [6.07, 6.45) is 1.21. The van der Waals surface area contributed by atoms with E-state index in [0.717, 1.165) is 0 Å². The molecule has 1 fully saturated rings. The summed E-state index contributed by atoms with van der Waals surface area (Å²) in [5.41, 5.74) is 1.28. The predicted molar refractivity (Wildman–Crippen MR) is 104 cm³/mol. The summed E-state index contributed by atoms with van der Waals surface area (Å²) in [7, 11) is 0. The first kappa shape index (κ1) is 19.4. The molecule has 0 aromatic heterocycles. The van der Waals surface area contributed by atoms with Gasteiger partial charge in [-0.3, -0.25) is 4.79 Å².